The third-order valence-corrected chi connectivity index (χ3v) is 6.10. The molecule has 0 aliphatic heterocycles. The second-order valence-corrected chi connectivity index (χ2v) is 8.50. The van der Waals surface area contributed by atoms with E-state index in [1.807, 2.05) is 73.0 Å². The van der Waals surface area contributed by atoms with Crippen molar-refractivity contribution in [1.82, 2.24) is 25.1 Å². The molecule has 2 heterocycles. The van der Waals surface area contributed by atoms with Crippen molar-refractivity contribution in [2.24, 2.45) is 0 Å². The molecule has 0 fully saturated rings. The van der Waals surface area contributed by atoms with E-state index in [9.17, 15) is 4.79 Å². The molecule has 0 aliphatic carbocycles. The number of hydrogen-bond donors (Lipinski definition) is 1. The Morgan fingerprint density at radius 1 is 1.16 bits per heavy atom. The summed E-state index contributed by atoms with van der Waals surface area (Å²) < 4.78 is 7.46. The number of nitrogens with zero attached hydrogens (tertiary/aromatic N) is 4. The van der Waals surface area contributed by atoms with Gasteiger partial charge in [-0.15, -0.1) is 10.2 Å². The molecule has 1 N–H and O–H groups in total. The minimum absolute atomic E-state index is 0.0738. The number of thioether (sulfide) groups is 1. The Hall–Kier alpha value is -3.10. The fraction of sp³-hybridized carbons (Fsp3) is 0.217. The Morgan fingerprint density at radius 2 is 1.91 bits per heavy atom. The van der Waals surface area contributed by atoms with Crippen LogP contribution in [0.1, 0.15) is 36.6 Å². The van der Waals surface area contributed by atoms with E-state index in [0.29, 0.717) is 27.6 Å². The Kier molecular flexibility index (Phi) is 6.92. The zero-order valence-electron chi connectivity index (χ0n) is 17.7. The number of aromatic nitrogens is 4. The highest BCUT2D eigenvalue weighted by Crippen LogP contribution is 2.32. The normalized spacial score (nSPS) is 12.0. The van der Waals surface area contributed by atoms with Crippen LogP contribution in [-0.2, 0) is 5.75 Å². The molecule has 0 spiro atoms. The van der Waals surface area contributed by atoms with Crippen molar-refractivity contribution < 1.29 is 9.21 Å². The van der Waals surface area contributed by atoms with Crippen molar-refractivity contribution in [3.63, 3.8) is 0 Å². The maximum Gasteiger partial charge on any atom is 0.273 e. The van der Waals surface area contributed by atoms with Gasteiger partial charge in [0.25, 0.3) is 5.91 Å². The second-order valence-electron chi connectivity index (χ2n) is 7.15. The Balaban J connectivity index is 1.59. The number of para-hydroxylation sites is 1. The number of nitrogens with one attached hydrogen (secondary N) is 1. The largest absolute Gasteiger partial charge is 0.447 e. The highest BCUT2D eigenvalue weighted by molar-refractivity contribution is 7.98. The van der Waals surface area contributed by atoms with Gasteiger partial charge in [-0.05, 0) is 37.6 Å². The van der Waals surface area contributed by atoms with Gasteiger partial charge in [0, 0.05) is 17.3 Å². The van der Waals surface area contributed by atoms with Gasteiger partial charge in [0.2, 0.25) is 5.89 Å². The van der Waals surface area contributed by atoms with E-state index in [1.54, 1.807) is 0 Å². The molecule has 2 aromatic carbocycles. The number of amides is 1. The molecule has 0 aliphatic rings. The monoisotopic (exact) mass is 467 g/mol. The van der Waals surface area contributed by atoms with Gasteiger partial charge < -0.3 is 9.73 Å². The molecular weight excluding hydrogens is 446 g/mol. The quantitative estimate of drug-likeness (QED) is 0.349. The van der Waals surface area contributed by atoms with Gasteiger partial charge in [-0.2, -0.15) is 0 Å². The van der Waals surface area contributed by atoms with Gasteiger partial charge in [0.15, 0.2) is 16.7 Å². The minimum Gasteiger partial charge on any atom is -0.447 e. The van der Waals surface area contributed by atoms with E-state index in [0.717, 1.165) is 17.7 Å². The average molecular weight is 468 g/mol. The minimum atomic E-state index is -0.243. The molecule has 0 bridgehead atoms. The molecule has 1 atom stereocenters. The van der Waals surface area contributed by atoms with E-state index >= 15 is 0 Å². The summed E-state index contributed by atoms with van der Waals surface area (Å²) in [5, 5.41) is 12.9. The molecule has 1 unspecified atom stereocenters. The first-order valence-corrected chi connectivity index (χ1v) is 11.6. The first kappa shape index (κ1) is 22.1. The molecule has 32 heavy (non-hydrogen) atoms. The molecular formula is C23H22ClN5O2S. The van der Waals surface area contributed by atoms with Crippen LogP contribution in [0, 0.1) is 0 Å². The highest BCUT2D eigenvalue weighted by atomic mass is 35.5. The van der Waals surface area contributed by atoms with Crippen LogP contribution in [-0.4, -0.2) is 31.7 Å². The van der Waals surface area contributed by atoms with Gasteiger partial charge in [0.05, 0.1) is 10.8 Å². The predicted octanol–water partition coefficient (Wildman–Crippen LogP) is 5.40. The number of carbonyl (C=O) groups is 1. The lowest BCUT2D eigenvalue weighted by Gasteiger charge is -2.10. The fourth-order valence-corrected chi connectivity index (χ4v) is 4.02. The summed E-state index contributed by atoms with van der Waals surface area (Å²) in [6, 6.07) is 17.4. The average Bonchev–Trinajstić information content (AvgIpc) is 3.46. The molecule has 1 amide bonds. The van der Waals surface area contributed by atoms with E-state index in [4.69, 9.17) is 16.0 Å². The Labute approximate surface area is 195 Å². The summed E-state index contributed by atoms with van der Waals surface area (Å²) in [6.45, 7) is 3.96. The van der Waals surface area contributed by atoms with Crippen molar-refractivity contribution in [1.29, 1.82) is 0 Å². The standard InChI is InChI=1S/C23H22ClN5O2S/c1-3-15(2)25-22(30)19-13-31-20(26-19)14-32-23-28-27-21(17-11-7-8-12-18(17)24)29(23)16-9-5-4-6-10-16/h4-13,15H,3,14H2,1-2H3,(H,25,30). The van der Waals surface area contributed by atoms with Crippen molar-refractivity contribution in [2.75, 3.05) is 0 Å². The van der Waals surface area contributed by atoms with Gasteiger partial charge >= 0.3 is 0 Å². The molecule has 4 aromatic rings. The maximum atomic E-state index is 12.3. The number of halogens is 1. The van der Waals surface area contributed by atoms with Crippen molar-refractivity contribution in [3.05, 3.63) is 77.5 Å². The van der Waals surface area contributed by atoms with Crippen molar-refractivity contribution in [2.45, 2.75) is 37.2 Å². The van der Waals surface area contributed by atoms with Gasteiger partial charge in [-0.1, -0.05) is 60.6 Å². The van der Waals surface area contributed by atoms with Crippen LogP contribution in [0.15, 0.2) is 70.4 Å². The van der Waals surface area contributed by atoms with Crippen molar-refractivity contribution >= 4 is 29.3 Å². The van der Waals surface area contributed by atoms with Crippen LogP contribution >= 0.6 is 23.4 Å². The summed E-state index contributed by atoms with van der Waals surface area (Å²) in [5.74, 6) is 1.23. The number of benzene rings is 2. The summed E-state index contributed by atoms with van der Waals surface area (Å²) in [7, 11) is 0. The molecule has 2 aromatic heterocycles. The summed E-state index contributed by atoms with van der Waals surface area (Å²) in [4.78, 5) is 16.6. The lowest BCUT2D eigenvalue weighted by molar-refractivity contribution is 0.0934. The summed E-state index contributed by atoms with van der Waals surface area (Å²) >= 11 is 7.85. The fourth-order valence-electron chi connectivity index (χ4n) is 3.00. The third-order valence-electron chi connectivity index (χ3n) is 4.86. The van der Waals surface area contributed by atoms with Crippen LogP contribution in [0.25, 0.3) is 17.1 Å². The van der Waals surface area contributed by atoms with E-state index in [-0.39, 0.29) is 17.6 Å². The number of oxazole rings is 1. The van der Waals surface area contributed by atoms with Crippen LogP contribution in [0.2, 0.25) is 5.02 Å². The number of rotatable bonds is 8. The van der Waals surface area contributed by atoms with E-state index < -0.39 is 0 Å². The molecule has 164 valence electrons. The number of hydrogen-bond acceptors (Lipinski definition) is 6. The molecule has 9 heteroatoms. The lowest BCUT2D eigenvalue weighted by atomic mass is 10.2. The second kappa shape index (κ2) is 10.0. The highest BCUT2D eigenvalue weighted by Gasteiger charge is 2.19. The molecule has 4 rings (SSSR count). The lowest BCUT2D eigenvalue weighted by Crippen LogP contribution is -2.32. The molecule has 0 saturated carbocycles. The first-order chi connectivity index (χ1) is 15.6. The van der Waals surface area contributed by atoms with Crippen LogP contribution in [0.5, 0.6) is 0 Å². The van der Waals surface area contributed by atoms with Crippen LogP contribution in [0.3, 0.4) is 0 Å². The van der Waals surface area contributed by atoms with E-state index in [2.05, 4.69) is 20.5 Å². The van der Waals surface area contributed by atoms with E-state index in [1.165, 1.54) is 18.0 Å². The molecule has 7 nitrogen and oxygen atoms in total. The summed E-state index contributed by atoms with van der Waals surface area (Å²) in [5.41, 5.74) is 1.97. The molecule has 0 radical (unpaired) electrons. The predicted molar refractivity (Wildman–Crippen MR) is 125 cm³/mol. The topological polar surface area (TPSA) is 85.8 Å². The third kappa shape index (κ3) is 4.87. The maximum absolute atomic E-state index is 12.3. The van der Waals surface area contributed by atoms with Gasteiger partial charge in [0.1, 0.15) is 6.26 Å². The summed E-state index contributed by atoms with van der Waals surface area (Å²) in [6.07, 6.45) is 2.22. The number of carbonyl (C=O) groups excluding carboxylic acids is 1. The molecule has 0 saturated heterocycles. The van der Waals surface area contributed by atoms with Gasteiger partial charge in [-0.25, -0.2) is 4.98 Å². The van der Waals surface area contributed by atoms with Gasteiger partial charge in [-0.3, -0.25) is 9.36 Å². The smallest absolute Gasteiger partial charge is 0.273 e. The SMILES string of the molecule is CCC(C)NC(=O)c1coc(CSc2nnc(-c3ccccc3Cl)n2-c2ccccc2)n1. The Bertz CT molecular complexity index is 1210. The van der Waals surface area contributed by atoms with Crippen LogP contribution < -0.4 is 5.32 Å². The first-order valence-electron chi connectivity index (χ1n) is 10.2. The zero-order valence-corrected chi connectivity index (χ0v) is 19.2. The Morgan fingerprint density at radius 3 is 2.66 bits per heavy atom. The van der Waals surface area contributed by atoms with Crippen LogP contribution in [0.4, 0.5) is 0 Å². The van der Waals surface area contributed by atoms with Crippen molar-refractivity contribution in [3.8, 4) is 17.1 Å². The zero-order chi connectivity index (χ0) is 22.5.